The third-order valence-electron chi connectivity index (χ3n) is 2.78. The molecule has 0 saturated carbocycles. The molecule has 0 fully saturated rings. The van der Waals surface area contributed by atoms with Gasteiger partial charge in [-0.2, -0.15) is 0 Å². The summed E-state index contributed by atoms with van der Waals surface area (Å²) < 4.78 is 29.3. The third-order valence-corrected chi connectivity index (χ3v) is 4.57. The zero-order valence-electron chi connectivity index (χ0n) is 11.0. The Bertz CT molecular complexity index is 761. The van der Waals surface area contributed by atoms with Crippen molar-refractivity contribution in [3.63, 3.8) is 0 Å². The fraction of sp³-hybridized carbons (Fsp3) is 0.231. The molecule has 7 heteroatoms. The summed E-state index contributed by atoms with van der Waals surface area (Å²) in [7, 11) is -3.60. The summed E-state index contributed by atoms with van der Waals surface area (Å²) in [5.41, 5.74) is 1.30. The van der Waals surface area contributed by atoms with Crippen LogP contribution in [-0.4, -0.2) is 24.7 Å². The van der Waals surface area contributed by atoms with Crippen LogP contribution in [0.5, 0.6) is 0 Å². The predicted octanol–water partition coefficient (Wildman–Crippen LogP) is 1.96. The fourth-order valence-electron chi connectivity index (χ4n) is 1.90. The Labute approximate surface area is 115 Å². The minimum atomic E-state index is -3.60. The smallest absolute Gasteiger partial charge is 0.358 e. The Morgan fingerprint density at radius 2 is 2.00 bits per heavy atom. The molecule has 2 aromatic rings. The van der Waals surface area contributed by atoms with Crippen molar-refractivity contribution in [1.82, 2.24) is 5.16 Å². The molecule has 0 aliphatic heterocycles. The summed E-state index contributed by atoms with van der Waals surface area (Å²) in [6, 6.07) is 6.14. The van der Waals surface area contributed by atoms with Crippen LogP contribution in [0.25, 0.3) is 0 Å². The van der Waals surface area contributed by atoms with Crippen LogP contribution in [0.3, 0.4) is 0 Å². The molecule has 1 heterocycles. The van der Waals surface area contributed by atoms with Crippen molar-refractivity contribution < 1.29 is 22.8 Å². The van der Waals surface area contributed by atoms with E-state index in [0.29, 0.717) is 5.56 Å². The highest BCUT2D eigenvalue weighted by Crippen LogP contribution is 2.21. The van der Waals surface area contributed by atoms with Crippen LogP contribution < -0.4 is 0 Å². The molecule has 2 rings (SSSR count). The molecule has 0 unspecified atom stereocenters. The zero-order valence-corrected chi connectivity index (χ0v) is 11.8. The molecule has 0 atom stereocenters. The van der Waals surface area contributed by atoms with Gasteiger partial charge in [-0.25, -0.2) is 13.2 Å². The summed E-state index contributed by atoms with van der Waals surface area (Å²) >= 11 is 0. The van der Waals surface area contributed by atoms with Gasteiger partial charge in [-0.15, -0.1) is 0 Å². The number of hydrogen-bond donors (Lipinski definition) is 1. The molecular weight excluding hydrogens is 282 g/mol. The Hall–Kier alpha value is -2.15. The first-order valence-corrected chi connectivity index (χ1v) is 7.44. The second kappa shape index (κ2) is 5.09. The molecule has 0 aliphatic carbocycles. The topological polar surface area (TPSA) is 97.5 Å². The molecule has 106 valence electrons. The van der Waals surface area contributed by atoms with E-state index in [1.165, 1.54) is 6.07 Å². The number of carboxylic acid groups (broad SMARTS) is 1. The molecule has 0 bridgehead atoms. The van der Waals surface area contributed by atoms with Crippen molar-refractivity contribution in [3.8, 4) is 0 Å². The van der Waals surface area contributed by atoms with Crippen molar-refractivity contribution >= 4 is 15.8 Å². The van der Waals surface area contributed by atoms with Crippen LogP contribution in [0.4, 0.5) is 0 Å². The number of hydrogen-bond acceptors (Lipinski definition) is 5. The Morgan fingerprint density at radius 1 is 1.30 bits per heavy atom. The maximum Gasteiger partial charge on any atom is 0.358 e. The lowest BCUT2D eigenvalue weighted by Gasteiger charge is -2.06. The van der Waals surface area contributed by atoms with Crippen LogP contribution >= 0.6 is 0 Å². The van der Waals surface area contributed by atoms with Gasteiger partial charge in [0.1, 0.15) is 5.75 Å². The highest BCUT2D eigenvalue weighted by molar-refractivity contribution is 7.90. The number of rotatable bonds is 4. The molecule has 0 saturated heterocycles. The lowest BCUT2D eigenvalue weighted by atomic mass is 10.2. The van der Waals surface area contributed by atoms with Crippen molar-refractivity contribution in [2.75, 3.05) is 0 Å². The number of carbonyl (C=O) groups is 1. The van der Waals surface area contributed by atoms with Crippen LogP contribution in [0.15, 0.2) is 33.7 Å². The number of benzene rings is 1. The number of nitrogens with zero attached hydrogens (tertiary/aromatic N) is 1. The third kappa shape index (κ3) is 2.88. The van der Waals surface area contributed by atoms with Gasteiger partial charge >= 0.3 is 5.97 Å². The highest BCUT2D eigenvalue weighted by Gasteiger charge is 2.21. The average molecular weight is 295 g/mol. The van der Waals surface area contributed by atoms with E-state index in [2.05, 4.69) is 5.16 Å². The van der Waals surface area contributed by atoms with Gasteiger partial charge < -0.3 is 9.63 Å². The van der Waals surface area contributed by atoms with Crippen molar-refractivity contribution in [2.45, 2.75) is 24.5 Å². The number of carboxylic acids is 1. The van der Waals surface area contributed by atoms with E-state index in [9.17, 15) is 13.2 Å². The van der Waals surface area contributed by atoms with E-state index >= 15 is 0 Å². The van der Waals surface area contributed by atoms with Crippen molar-refractivity contribution in [2.24, 2.45) is 0 Å². The first kappa shape index (κ1) is 14.3. The molecule has 20 heavy (non-hydrogen) atoms. The average Bonchev–Trinajstić information content (AvgIpc) is 2.76. The molecule has 0 radical (unpaired) electrons. The molecule has 1 aromatic carbocycles. The molecule has 0 spiro atoms. The molecule has 0 aliphatic rings. The Morgan fingerprint density at radius 3 is 2.55 bits per heavy atom. The van der Waals surface area contributed by atoms with Gasteiger partial charge in [0.2, 0.25) is 0 Å². The summed E-state index contributed by atoms with van der Waals surface area (Å²) in [5.74, 6) is -1.68. The Balaban J connectivity index is 2.33. The largest absolute Gasteiger partial charge is 0.476 e. The summed E-state index contributed by atoms with van der Waals surface area (Å²) in [4.78, 5) is 10.9. The minimum Gasteiger partial charge on any atom is -0.476 e. The van der Waals surface area contributed by atoms with E-state index < -0.39 is 21.6 Å². The van der Waals surface area contributed by atoms with Crippen LogP contribution in [-0.2, 0) is 15.6 Å². The summed E-state index contributed by atoms with van der Waals surface area (Å²) in [6.45, 7) is 3.59. The molecule has 0 amide bonds. The van der Waals surface area contributed by atoms with E-state index in [4.69, 9.17) is 9.63 Å². The molecular formula is C13H13NO5S. The fourth-order valence-corrected chi connectivity index (χ4v) is 3.39. The second-order valence-corrected chi connectivity index (χ2v) is 6.47. The van der Waals surface area contributed by atoms with Gasteiger partial charge in [-0.1, -0.05) is 22.9 Å². The maximum absolute atomic E-state index is 12.3. The second-order valence-electron chi connectivity index (χ2n) is 4.51. The maximum atomic E-state index is 12.3. The van der Waals surface area contributed by atoms with E-state index in [1.54, 1.807) is 19.1 Å². The lowest BCUT2D eigenvalue weighted by Crippen LogP contribution is -2.06. The van der Waals surface area contributed by atoms with Gasteiger partial charge in [0.25, 0.3) is 0 Å². The van der Waals surface area contributed by atoms with E-state index in [0.717, 1.165) is 11.6 Å². The number of sulfone groups is 1. The van der Waals surface area contributed by atoms with Gasteiger partial charge in [-0.05, 0) is 25.5 Å². The molecule has 1 N–H and O–H groups in total. The van der Waals surface area contributed by atoms with Gasteiger partial charge in [0, 0.05) is 6.07 Å². The van der Waals surface area contributed by atoms with Crippen molar-refractivity contribution in [3.05, 3.63) is 46.8 Å². The SMILES string of the molecule is Cc1ccc(S(=O)(=O)Cc2cc(C(=O)O)no2)c(C)c1. The van der Waals surface area contributed by atoms with Crippen LogP contribution in [0, 0.1) is 13.8 Å². The van der Waals surface area contributed by atoms with Gasteiger partial charge in [-0.3, -0.25) is 0 Å². The molecule has 6 nitrogen and oxygen atoms in total. The van der Waals surface area contributed by atoms with E-state index in [-0.39, 0.29) is 16.3 Å². The van der Waals surface area contributed by atoms with E-state index in [1.807, 2.05) is 6.92 Å². The van der Waals surface area contributed by atoms with Gasteiger partial charge in [0.05, 0.1) is 4.90 Å². The number of aryl methyl sites for hydroxylation is 2. The number of aromatic carboxylic acids is 1. The normalized spacial score (nSPS) is 11.5. The standard InChI is InChI=1S/C13H13NO5S/c1-8-3-4-12(9(2)5-8)20(17,18)7-10-6-11(13(15)16)14-19-10/h3-6H,7H2,1-2H3,(H,15,16). The lowest BCUT2D eigenvalue weighted by molar-refractivity contribution is 0.0685. The first-order chi connectivity index (χ1) is 9.29. The van der Waals surface area contributed by atoms with Crippen LogP contribution in [0.1, 0.15) is 27.4 Å². The first-order valence-electron chi connectivity index (χ1n) is 5.78. The summed E-state index contributed by atoms with van der Waals surface area (Å²) in [6.07, 6.45) is 0. The van der Waals surface area contributed by atoms with Gasteiger partial charge in [0.15, 0.2) is 21.3 Å². The highest BCUT2D eigenvalue weighted by atomic mass is 32.2. The minimum absolute atomic E-state index is 0.00220. The Kier molecular flexibility index (Phi) is 3.63. The predicted molar refractivity (Wildman–Crippen MR) is 70.3 cm³/mol. The molecule has 1 aromatic heterocycles. The quantitative estimate of drug-likeness (QED) is 0.926. The summed E-state index contributed by atoms with van der Waals surface area (Å²) in [5, 5.41) is 12.0. The number of aromatic nitrogens is 1. The van der Waals surface area contributed by atoms with Crippen molar-refractivity contribution in [1.29, 1.82) is 0 Å². The monoisotopic (exact) mass is 295 g/mol. The zero-order chi connectivity index (χ0) is 14.9. The van der Waals surface area contributed by atoms with Crippen LogP contribution in [0.2, 0.25) is 0 Å².